The number of carbonyl (C=O) groups is 1. The summed E-state index contributed by atoms with van der Waals surface area (Å²) in [6.07, 6.45) is 5.61. The lowest BCUT2D eigenvalue weighted by Gasteiger charge is -2.32. The maximum absolute atomic E-state index is 13.5. The first-order valence-electron chi connectivity index (χ1n) is 10.9. The average Bonchev–Trinajstić information content (AvgIpc) is 2.82. The minimum Gasteiger partial charge on any atom is -0.492 e. The number of aromatic nitrogens is 2. The Morgan fingerprint density at radius 1 is 1.22 bits per heavy atom. The Kier molecular flexibility index (Phi) is 7.07. The Morgan fingerprint density at radius 2 is 2.12 bits per heavy atom. The van der Waals surface area contributed by atoms with Crippen molar-refractivity contribution in [3.05, 3.63) is 83.7 Å². The molecule has 0 saturated carbocycles. The van der Waals surface area contributed by atoms with Gasteiger partial charge in [-0.05, 0) is 62.7 Å². The van der Waals surface area contributed by atoms with Gasteiger partial charge in [0, 0.05) is 43.2 Å². The summed E-state index contributed by atoms with van der Waals surface area (Å²) in [5.41, 5.74) is 2.94. The molecule has 1 N–H and O–H groups in total. The van der Waals surface area contributed by atoms with Crippen LogP contribution < -0.4 is 10.1 Å². The number of likely N-dealkylation sites (tertiary alicyclic amines) is 1. The fourth-order valence-electron chi connectivity index (χ4n) is 4.01. The van der Waals surface area contributed by atoms with E-state index in [4.69, 9.17) is 4.74 Å². The highest BCUT2D eigenvalue weighted by Crippen LogP contribution is 2.28. The highest BCUT2D eigenvalue weighted by atomic mass is 19.1. The first-order chi connectivity index (χ1) is 15.6. The van der Waals surface area contributed by atoms with Gasteiger partial charge in [-0.15, -0.1) is 0 Å². The Hall–Kier alpha value is -3.32. The van der Waals surface area contributed by atoms with Crippen LogP contribution in [-0.2, 0) is 6.54 Å². The first-order valence-corrected chi connectivity index (χ1v) is 10.9. The van der Waals surface area contributed by atoms with Crippen LogP contribution in [0.5, 0.6) is 5.75 Å². The number of nitrogens with zero attached hydrogens (tertiary/aromatic N) is 3. The Bertz CT molecular complexity index is 1040. The normalized spacial score (nSPS) is 16.5. The third kappa shape index (κ3) is 5.48. The van der Waals surface area contributed by atoms with Gasteiger partial charge in [0.15, 0.2) is 0 Å². The molecule has 0 bridgehead atoms. The summed E-state index contributed by atoms with van der Waals surface area (Å²) in [5, 5.41) is 2.79. The van der Waals surface area contributed by atoms with Crippen LogP contribution in [0.25, 0.3) is 0 Å². The molecule has 2 aromatic heterocycles. The summed E-state index contributed by atoms with van der Waals surface area (Å²) in [6.45, 7) is 4.98. The number of rotatable bonds is 7. The van der Waals surface area contributed by atoms with Crippen molar-refractivity contribution in [2.75, 3.05) is 25.0 Å². The maximum atomic E-state index is 13.5. The Balaban J connectivity index is 1.40. The van der Waals surface area contributed by atoms with E-state index < -0.39 is 5.82 Å². The minimum atomic E-state index is -0.415. The van der Waals surface area contributed by atoms with Crippen molar-refractivity contribution in [2.45, 2.75) is 32.2 Å². The zero-order valence-corrected chi connectivity index (χ0v) is 18.1. The van der Waals surface area contributed by atoms with Gasteiger partial charge in [0.1, 0.15) is 11.6 Å². The molecular weight excluding hydrogens is 407 g/mol. The zero-order valence-electron chi connectivity index (χ0n) is 18.1. The minimum absolute atomic E-state index is 0.306. The monoisotopic (exact) mass is 434 g/mol. The van der Waals surface area contributed by atoms with E-state index in [1.807, 2.05) is 37.4 Å². The number of anilines is 1. The van der Waals surface area contributed by atoms with E-state index >= 15 is 0 Å². The van der Waals surface area contributed by atoms with E-state index in [0.717, 1.165) is 43.9 Å². The molecule has 0 radical (unpaired) electrons. The maximum Gasteiger partial charge on any atom is 0.257 e. The molecule has 1 fully saturated rings. The van der Waals surface area contributed by atoms with Gasteiger partial charge >= 0.3 is 0 Å². The van der Waals surface area contributed by atoms with Crippen LogP contribution in [0.3, 0.4) is 0 Å². The molecule has 32 heavy (non-hydrogen) atoms. The second-order valence-corrected chi connectivity index (χ2v) is 7.89. The molecule has 1 aromatic carbocycles. The van der Waals surface area contributed by atoms with Gasteiger partial charge in [-0.25, -0.2) is 4.39 Å². The van der Waals surface area contributed by atoms with Crippen LogP contribution in [0.2, 0.25) is 0 Å². The number of carbonyl (C=O) groups excluding carboxylic acids is 1. The van der Waals surface area contributed by atoms with Gasteiger partial charge in [0.25, 0.3) is 5.91 Å². The molecule has 1 atom stereocenters. The molecule has 1 amide bonds. The summed E-state index contributed by atoms with van der Waals surface area (Å²) in [6, 6.07) is 13.8. The Morgan fingerprint density at radius 3 is 2.88 bits per heavy atom. The SMILES string of the molecule is CCOc1cc(F)ccc1NC(=O)c1ccc([C@H]2CCCN(Cc3ccccn3)C2)nc1. The number of benzene rings is 1. The predicted molar refractivity (Wildman–Crippen MR) is 121 cm³/mol. The van der Waals surface area contributed by atoms with E-state index in [9.17, 15) is 9.18 Å². The fourth-order valence-corrected chi connectivity index (χ4v) is 4.01. The third-order valence-corrected chi connectivity index (χ3v) is 5.58. The van der Waals surface area contributed by atoms with Crippen LogP contribution in [0.1, 0.15) is 47.4 Å². The van der Waals surface area contributed by atoms with E-state index in [1.54, 1.807) is 12.3 Å². The highest BCUT2D eigenvalue weighted by Gasteiger charge is 2.23. The molecule has 166 valence electrons. The summed E-state index contributed by atoms with van der Waals surface area (Å²) in [4.78, 5) is 24.1. The zero-order chi connectivity index (χ0) is 22.3. The number of ether oxygens (including phenoxy) is 1. The quantitative estimate of drug-likeness (QED) is 0.587. The van der Waals surface area contributed by atoms with E-state index in [2.05, 4.69) is 20.2 Å². The van der Waals surface area contributed by atoms with Gasteiger partial charge in [-0.3, -0.25) is 19.7 Å². The van der Waals surface area contributed by atoms with Crippen LogP contribution in [-0.4, -0.2) is 40.5 Å². The number of nitrogens with one attached hydrogen (secondary N) is 1. The van der Waals surface area contributed by atoms with Crippen LogP contribution >= 0.6 is 0 Å². The van der Waals surface area contributed by atoms with Gasteiger partial charge in [-0.1, -0.05) is 6.07 Å². The van der Waals surface area contributed by atoms with Crippen molar-refractivity contribution in [3.8, 4) is 5.75 Å². The molecule has 3 heterocycles. The van der Waals surface area contributed by atoms with Gasteiger partial charge in [0.2, 0.25) is 0 Å². The predicted octanol–water partition coefficient (Wildman–Crippen LogP) is 4.65. The molecule has 3 aromatic rings. The van der Waals surface area contributed by atoms with Crippen molar-refractivity contribution >= 4 is 11.6 Å². The molecule has 7 heteroatoms. The van der Waals surface area contributed by atoms with Crippen LogP contribution in [0.4, 0.5) is 10.1 Å². The second kappa shape index (κ2) is 10.3. The molecule has 1 aliphatic heterocycles. The number of hydrogen-bond donors (Lipinski definition) is 1. The fraction of sp³-hybridized carbons (Fsp3) is 0.320. The van der Waals surface area contributed by atoms with Crippen molar-refractivity contribution in [3.63, 3.8) is 0 Å². The summed E-state index contributed by atoms with van der Waals surface area (Å²) >= 11 is 0. The number of amides is 1. The standard InChI is InChI=1S/C25H27FN4O2/c1-2-32-24-14-20(26)9-11-23(24)29-25(31)18-8-10-22(28-15-18)19-6-5-13-30(16-19)17-21-7-3-4-12-27-21/h3-4,7-12,14-15,19H,2,5-6,13,16-17H2,1H3,(H,29,31)/t19-/m0/s1. The highest BCUT2D eigenvalue weighted by molar-refractivity contribution is 6.04. The van der Waals surface area contributed by atoms with Gasteiger partial charge < -0.3 is 10.1 Å². The first kappa shape index (κ1) is 21.9. The lowest BCUT2D eigenvalue weighted by Crippen LogP contribution is -2.34. The van der Waals surface area contributed by atoms with Gasteiger partial charge in [0.05, 0.1) is 23.6 Å². The summed E-state index contributed by atoms with van der Waals surface area (Å²) in [5.74, 6) is -0.0917. The number of hydrogen-bond acceptors (Lipinski definition) is 5. The number of halogens is 1. The van der Waals surface area contributed by atoms with E-state index in [1.165, 1.54) is 18.2 Å². The molecule has 1 aliphatic rings. The van der Waals surface area contributed by atoms with Crippen molar-refractivity contribution in [1.82, 2.24) is 14.9 Å². The van der Waals surface area contributed by atoms with Crippen molar-refractivity contribution in [2.24, 2.45) is 0 Å². The molecule has 6 nitrogen and oxygen atoms in total. The topological polar surface area (TPSA) is 67.3 Å². The Labute approximate surface area is 187 Å². The second-order valence-electron chi connectivity index (χ2n) is 7.89. The summed E-state index contributed by atoms with van der Waals surface area (Å²) in [7, 11) is 0. The lowest BCUT2D eigenvalue weighted by molar-refractivity contribution is 0.102. The van der Waals surface area contributed by atoms with Gasteiger partial charge in [-0.2, -0.15) is 0 Å². The number of pyridine rings is 2. The molecule has 4 rings (SSSR count). The molecule has 1 saturated heterocycles. The molecular formula is C25H27FN4O2. The largest absolute Gasteiger partial charge is 0.492 e. The third-order valence-electron chi connectivity index (χ3n) is 5.58. The smallest absolute Gasteiger partial charge is 0.257 e. The number of piperidine rings is 1. The van der Waals surface area contributed by atoms with Crippen molar-refractivity contribution < 1.29 is 13.9 Å². The molecule has 0 unspecified atom stereocenters. The van der Waals surface area contributed by atoms with E-state index in [0.29, 0.717) is 29.5 Å². The lowest BCUT2D eigenvalue weighted by atomic mass is 9.94. The van der Waals surface area contributed by atoms with Crippen LogP contribution in [0.15, 0.2) is 60.9 Å². The molecule has 0 aliphatic carbocycles. The van der Waals surface area contributed by atoms with Crippen LogP contribution in [0, 0.1) is 5.82 Å². The van der Waals surface area contributed by atoms with Crippen molar-refractivity contribution in [1.29, 1.82) is 0 Å². The van der Waals surface area contributed by atoms with E-state index in [-0.39, 0.29) is 5.91 Å². The average molecular weight is 435 g/mol. The molecule has 0 spiro atoms. The summed E-state index contributed by atoms with van der Waals surface area (Å²) < 4.78 is 18.9.